The number of aromatic hydroxyl groups is 1. The van der Waals surface area contributed by atoms with Gasteiger partial charge in [-0.05, 0) is 72.5 Å². The number of benzene rings is 4. The molecule has 0 amide bonds. The fraction of sp³-hybridized carbons (Fsp3) is 0.455. The van der Waals surface area contributed by atoms with Crippen LogP contribution in [0.1, 0.15) is 96.7 Å². The maximum atomic E-state index is 12.3. The number of ether oxygens (including phenoxy) is 5. The summed E-state index contributed by atoms with van der Waals surface area (Å²) in [5, 5.41) is 51.7. The molecule has 4 aromatic rings. The van der Waals surface area contributed by atoms with E-state index in [0.29, 0.717) is 64.8 Å². The summed E-state index contributed by atoms with van der Waals surface area (Å²) in [5.74, 6) is 1.70. The first-order chi connectivity index (χ1) is 26.7. The molecule has 0 fully saturated rings. The van der Waals surface area contributed by atoms with Crippen molar-refractivity contribution >= 4 is 5.69 Å². The van der Waals surface area contributed by atoms with E-state index in [-0.39, 0.29) is 49.7 Å². The minimum absolute atomic E-state index is 0.0843. The maximum absolute atomic E-state index is 12.3. The SMILES string of the molecule is CCCC(C)c1ccccc1CC(CO)COc1cc(C2COc3cc4c5c(c3C2O)CCc2c(OC)cc(OCNCC)c(c2-5)C(O)N4)cc(OC)c1O. The minimum Gasteiger partial charge on any atom is -0.502 e. The number of aliphatic hydroxyl groups is 3. The van der Waals surface area contributed by atoms with E-state index in [1.165, 1.54) is 18.2 Å². The Labute approximate surface area is 323 Å². The van der Waals surface area contributed by atoms with Crippen molar-refractivity contribution in [1.82, 2.24) is 5.32 Å². The number of nitrogens with one attached hydrogen (secondary N) is 2. The lowest BCUT2D eigenvalue weighted by atomic mass is 9.74. The number of hydrogen-bond donors (Lipinski definition) is 6. The number of methoxy groups -OCH3 is 2. The van der Waals surface area contributed by atoms with E-state index in [1.807, 2.05) is 25.1 Å². The predicted molar refractivity (Wildman–Crippen MR) is 211 cm³/mol. The zero-order valence-electron chi connectivity index (χ0n) is 32.4. The van der Waals surface area contributed by atoms with Crippen LogP contribution < -0.4 is 34.3 Å². The molecule has 1 aliphatic carbocycles. The highest BCUT2D eigenvalue weighted by Gasteiger charge is 2.41. The largest absolute Gasteiger partial charge is 0.502 e. The van der Waals surface area contributed by atoms with Gasteiger partial charge in [-0.2, -0.15) is 0 Å². The summed E-state index contributed by atoms with van der Waals surface area (Å²) in [4.78, 5) is 0. The molecule has 5 unspecified atom stereocenters. The lowest BCUT2D eigenvalue weighted by molar-refractivity contribution is 0.0876. The van der Waals surface area contributed by atoms with Gasteiger partial charge in [0.25, 0.3) is 0 Å². The quantitative estimate of drug-likeness (QED) is 0.0525. The van der Waals surface area contributed by atoms with Crippen LogP contribution in [0.4, 0.5) is 5.69 Å². The average molecular weight is 755 g/mol. The van der Waals surface area contributed by atoms with E-state index in [4.69, 9.17) is 23.7 Å². The number of anilines is 1. The molecule has 5 atom stereocenters. The molecule has 11 nitrogen and oxygen atoms in total. The zero-order chi connectivity index (χ0) is 38.8. The maximum Gasteiger partial charge on any atom is 0.200 e. The summed E-state index contributed by atoms with van der Waals surface area (Å²) in [6.45, 7) is 7.66. The number of phenolic OH excluding ortho intramolecular Hbond substituents is 1. The van der Waals surface area contributed by atoms with Crippen LogP contribution in [0.25, 0.3) is 11.1 Å². The highest BCUT2D eigenvalue weighted by Crippen LogP contribution is 2.57. The van der Waals surface area contributed by atoms with Crippen molar-refractivity contribution in [1.29, 1.82) is 0 Å². The minimum atomic E-state index is -1.03. The third-order valence-corrected chi connectivity index (χ3v) is 11.4. The molecule has 4 aromatic carbocycles. The standard InChI is InChI=1S/C44H54N2O9/c1-6-10-24(3)28-12-9-8-11-26(28)15-25(20-47)21-53-37-17-27(16-36(52-5)43(37)49)31-22-54-34-18-32-38-30(39(34)42(31)48)14-13-29-33(51-4)19-35(55-23-45-7-2)41(40(29)38)44(50)46-32/h8-9,11-12,16-19,24-25,31,42,44-50H,6-7,10,13-15,20-23H2,1-5H3. The first kappa shape index (κ1) is 38.6. The smallest absolute Gasteiger partial charge is 0.200 e. The molecule has 0 radical (unpaired) electrons. The molecule has 3 aliphatic rings. The summed E-state index contributed by atoms with van der Waals surface area (Å²) < 4.78 is 30.2. The van der Waals surface area contributed by atoms with Gasteiger partial charge in [-0.3, -0.25) is 5.32 Å². The topological polar surface area (TPSA) is 151 Å². The highest BCUT2D eigenvalue weighted by atomic mass is 16.5. The van der Waals surface area contributed by atoms with Gasteiger partial charge in [0.15, 0.2) is 17.7 Å². The van der Waals surface area contributed by atoms with E-state index in [9.17, 15) is 20.4 Å². The number of rotatable bonds is 16. The van der Waals surface area contributed by atoms with Crippen LogP contribution in [0.3, 0.4) is 0 Å². The van der Waals surface area contributed by atoms with Gasteiger partial charge >= 0.3 is 0 Å². The normalized spacial score (nSPS) is 18.9. The van der Waals surface area contributed by atoms with Crippen molar-refractivity contribution in [2.24, 2.45) is 5.92 Å². The molecule has 7 rings (SSSR count). The zero-order valence-corrected chi connectivity index (χ0v) is 32.4. The van der Waals surface area contributed by atoms with Gasteiger partial charge in [0, 0.05) is 58.5 Å². The number of fused-ring (bicyclic) bond motifs is 2. The van der Waals surface area contributed by atoms with Crippen LogP contribution in [-0.2, 0) is 19.3 Å². The molecule has 0 saturated carbocycles. The van der Waals surface area contributed by atoms with Gasteiger partial charge in [0.05, 0.1) is 39.1 Å². The van der Waals surface area contributed by atoms with Crippen LogP contribution in [0.5, 0.6) is 34.5 Å². The molecule has 294 valence electrons. The molecule has 6 N–H and O–H groups in total. The van der Waals surface area contributed by atoms with Gasteiger partial charge in [0.2, 0.25) is 5.75 Å². The summed E-state index contributed by atoms with van der Waals surface area (Å²) in [7, 11) is 3.12. The second-order valence-electron chi connectivity index (χ2n) is 14.9. The van der Waals surface area contributed by atoms with Crippen LogP contribution in [-0.4, -0.2) is 67.7 Å². The molecule has 0 spiro atoms. The fourth-order valence-electron chi connectivity index (χ4n) is 8.65. The van der Waals surface area contributed by atoms with Gasteiger partial charge in [-0.1, -0.05) is 51.5 Å². The van der Waals surface area contributed by atoms with Crippen molar-refractivity contribution in [2.75, 3.05) is 52.6 Å². The summed E-state index contributed by atoms with van der Waals surface area (Å²) in [5.41, 5.74) is 8.85. The highest BCUT2D eigenvalue weighted by molar-refractivity contribution is 5.93. The third-order valence-electron chi connectivity index (χ3n) is 11.4. The average Bonchev–Trinajstić information content (AvgIpc) is 3.19. The van der Waals surface area contributed by atoms with Crippen molar-refractivity contribution < 1.29 is 44.1 Å². The Bertz CT molecular complexity index is 2020. The Morgan fingerprint density at radius 1 is 0.909 bits per heavy atom. The number of phenols is 1. The van der Waals surface area contributed by atoms with Gasteiger partial charge in [-0.15, -0.1) is 0 Å². The van der Waals surface area contributed by atoms with Crippen molar-refractivity contribution in [3.63, 3.8) is 0 Å². The van der Waals surface area contributed by atoms with Crippen LogP contribution in [0, 0.1) is 5.92 Å². The Balaban J connectivity index is 1.20. The second kappa shape index (κ2) is 16.6. The van der Waals surface area contributed by atoms with E-state index >= 15 is 0 Å². The van der Waals surface area contributed by atoms with Crippen molar-refractivity contribution in [2.45, 2.75) is 77.0 Å². The van der Waals surface area contributed by atoms with E-state index in [2.05, 4.69) is 42.7 Å². The summed E-state index contributed by atoms with van der Waals surface area (Å²) in [6, 6.07) is 15.5. The molecule has 0 saturated heterocycles. The van der Waals surface area contributed by atoms with E-state index < -0.39 is 18.2 Å². The first-order valence-corrected chi connectivity index (χ1v) is 19.5. The molecule has 2 heterocycles. The Morgan fingerprint density at radius 3 is 2.42 bits per heavy atom. The van der Waals surface area contributed by atoms with Crippen LogP contribution in [0.2, 0.25) is 0 Å². The van der Waals surface area contributed by atoms with Gasteiger partial charge in [-0.25, -0.2) is 0 Å². The van der Waals surface area contributed by atoms with E-state index in [0.717, 1.165) is 41.6 Å². The lowest BCUT2D eigenvalue weighted by Crippen LogP contribution is -2.29. The fourth-order valence-corrected chi connectivity index (χ4v) is 8.65. The molecule has 11 heteroatoms. The Morgan fingerprint density at radius 2 is 1.67 bits per heavy atom. The molecule has 0 aromatic heterocycles. The number of aliphatic hydroxyl groups excluding tert-OH is 3. The molecule has 55 heavy (non-hydrogen) atoms. The third kappa shape index (κ3) is 7.26. The van der Waals surface area contributed by atoms with Gasteiger partial charge in [0.1, 0.15) is 24.0 Å². The van der Waals surface area contributed by atoms with Crippen LogP contribution in [0.15, 0.2) is 48.5 Å². The summed E-state index contributed by atoms with van der Waals surface area (Å²) >= 11 is 0. The van der Waals surface area contributed by atoms with Crippen molar-refractivity contribution in [3.8, 4) is 45.6 Å². The van der Waals surface area contributed by atoms with E-state index in [1.54, 1.807) is 19.2 Å². The summed E-state index contributed by atoms with van der Waals surface area (Å²) in [6.07, 6.45) is 2.06. The monoisotopic (exact) mass is 754 g/mol. The van der Waals surface area contributed by atoms with Crippen LogP contribution >= 0.6 is 0 Å². The molecule has 0 bridgehead atoms. The predicted octanol–water partition coefficient (Wildman–Crippen LogP) is 6.88. The second-order valence-corrected chi connectivity index (χ2v) is 14.9. The molecular weight excluding hydrogens is 700 g/mol. The Hall–Kier alpha value is -4.68. The van der Waals surface area contributed by atoms with Gasteiger partial charge < -0.3 is 49.4 Å². The number of hydrogen-bond acceptors (Lipinski definition) is 11. The Kier molecular flexibility index (Phi) is 11.6. The van der Waals surface area contributed by atoms with Crippen molar-refractivity contribution in [3.05, 3.63) is 87.5 Å². The first-order valence-electron chi connectivity index (χ1n) is 19.5. The molecule has 2 aliphatic heterocycles. The lowest BCUT2D eigenvalue weighted by Gasteiger charge is -2.39. The molecular formula is C44H54N2O9.